The van der Waals surface area contributed by atoms with E-state index in [0.29, 0.717) is 0 Å². The average Bonchev–Trinajstić information content (AvgIpc) is 3.10. The van der Waals surface area contributed by atoms with E-state index in [2.05, 4.69) is 4.90 Å². The third kappa shape index (κ3) is 5.08. The smallest absolute Gasteiger partial charge is 0.0681 e. The van der Waals surface area contributed by atoms with Crippen LogP contribution in [0.2, 0.25) is 0 Å². The molecule has 1 saturated heterocycles. The second-order valence-corrected chi connectivity index (χ2v) is 10.4. The first-order chi connectivity index (χ1) is 13.3. The SMILES string of the molecule is NOCCC1CCC2C(C1)C(CCC1CCCCC1)CN2C1CCCCC1. The summed E-state index contributed by atoms with van der Waals surface area (Å²) >= 11 is 0. The normalized spacial score (nSPS) is 36.8. The molecule has 156 valence electrons. The Morgan fingerprint density at radius 3 is 2.22 bits per heavy atom. The minimum Gasteiger partial charge on any atom is -0.305 e. The fraction of sp³-hybridized carbons (Fsp3) is 1.00. The zero-order valence-electron chi connectivity index (χ0n) is 17.6. The van der Waals surface area contributed by atoms with Crippen LogP contribution in [0.4, 0.5) is 0 Å². The molecule has 1 aliphatic heterocycles. The molecule has 0 spiro atoms. The maximum Gasteiger partial charge on any atom is 0.0681 e. The molecule has 4 unspecified atom stereocenters. The van der Waals surface area contributed by atoms with Crippen LogP contribution in [-0.2, 0) is 4.84 Å². The fourth-order valence-corrected chi connectivity index (χ4v) is 7.30. The van der Waals surface area contributed by atoms with Crippen LogP contribution in [0.25, 0.3) is 0 Å². The monoisotopic (exact) mass is 376 g/mol. The predicted octanol–water partition coefficient (Wildman–Crippen LogP) is 5.68. The van der Waals surface area contributed by atoms with Gasteiger partial charge in [0.1, 0.15) is 0 Å². The summed E-state index contributed by atoms with van der Waals surface area (Å²) in [5.41, 5.74) is 0. The van der Waals surface area contributed by atoms with E-state index < -0.39 is 0 Å². The van der Waals surface area contributed by atoms with Gasteiger partial charge in [-0.05, 0) is 68.6 Å². The number of fused-ring (bicyclic) bond motifs is 1. The van der Waals surface area contributed by atoms with Gasteiger partial charge in [-0.15, -0.1) is 0 Å². The molecule has 4 atom stereocenters. The first-order valence-corrected chi connectivity index (χ1v) is 12.4. The van der Waals surface area contributed by atoms with Gasteiger partial charge >= 0.3 is 0 Å². The molecule has 3 saturated carbocycles. The van der Waals surface area contributed by atoms with Crippen molar-refractivity contribution in [1.82, 2.24) is 4.90 Å². The topological polar surface area (TPSA) is 38.5 Å². The quantitative estimate of drug-likeness (QED) is 0.581. The van der Waals surface area contributed by atoms with Gasteiger partial charge in [0, 0.05) is 18.6 Å². The van der Waals surface area contributed by atoms with Gasteiger partial charge in [0.25, 0.3) is 0 Å². The second-order valence-electron chi connectivity index (χ2n) is 10.4. The highest BCUT2D eigenvalue weighted by Crippen LogP contribution is 2.47. The Morgan fingerprint density at radius 1 is 0.741 bits per heavy atom. The van der Waals surface area contributed by atoms with Gasteiger partial charge < -0.3 is 4.84 Å². The summed E-state index contributed by atoms with van der Waals surface area (Å²) in [5.74, 6) is 9.17. The lowest BCUT2D eigenvalue weighted by molar-refractivity contribution is 0.0721. The minimum atomic E-state index is 0.751. The van der Waals surface area contributed by atoms with Crippen LogP contribution >= 0.6 is 0 Å². The van der Waals surface area contributed by atoms with Crippen molar-refractivity contribution in [3.8, 4) is 0 Å². The molecule has 0 amide bonds. The lowest BCUT2D eigenvalue weighted by Gasteiger charge is -2.41. The summed E-state index contributed by atoms with van der Waals surface area (Å²) in [6.45, 7) is 2.17. The highest BCUT2D eigenvalue weighted by atomic mass is 16.6. The van der Waals surface area contributed by atoms with E-state index in [1.807, 2.05) is 0 Å². The van der Waals surface area contributed by atoms with Crippen LogP contribution in [0.1, 0.15) is 103 Å². The van der Waals surface area contributed by atoms with Gasteiger partial charge in [0.15, 0.2) is 0 Å². The lowest BCUT2D eigenvalue weighted by Crippen LogP contribution is -2.44. The largest absolute Gasteiger partial charge is 0.305 e. The van der Waals surface area contributed by atoms with Crippen LogP contribution in [0.15, 0.2) is 0 Å². The van der Waals surface area contributed by atoms with Crippen LogP contribution in [-0.4, -0.2) is 30.1 Å². The van der Waals surface area contributed by atoms with Crippen LogP contribution in [0, 0.1) is 23.7 Å². The van der Waals surface area contributed by atoms with Crippen LogP contribution < -0.4 is 5.90 Å². The number of nitrogens with two attached hydrogens (primary N) is 1. The Balaban J connectivity index is 1.38. The van der Waals surface area contributed by atoms with Crippen molar-refractivity contribution in [2.75, 3.05) is 13.2 Å². The fourth-order valence-electron chi connectivity index (χ4n) is 7.30. The minimum absolute atomic E-state index is 0.751. The highest BCUT2D eigenvalue weighted by Gasteiger charge is 2.46. The number of likely N-dealkylation sites (tertiary alicyclic amines) is 1. The third-order valence-electron chi connectivity index (χ3n) is 8.81. The summed E-state index contributed by atoms with van der Waals surface area (Å²) in [6, 6.07) is 1.81. The summed E-state index contributed by atoms with van der Waals surface area (Å²) in [4.78, 5) is 7.95. The molecule has 0 aromatic carbocycles. The summed E-state index contributed by atoms with van der Waals surface area (Å²) in [6.07, 6.45) is 23.4. The summed E-state index contributed by atoms with van der Waals surface area (Å²) in [7, 11) is 0. The molecule has 4 rings (SSSR count). The van der Waals surface area contributed by atoms with Crippen molar-refractivity contribution in [2.45, 2.75) is 115 Å². The molecule has 3 heteroatoms. The van der Waals surface area contributed by atoms with Crippen molar-refractivity contribution < 1.29 is 4.84 Å². The molecular formula is C24H44N2O. The van der Waals surface area contributed by atoms with E-state index in [1.165, 1.54) is 109 Å². The molecule has 0 radical (unpaired) electrons. The van der Waals surface area contributed by atoms with Gasteiger partial charge in [-0.1, -0.05) is 57.8 Å². The molecule has 4 aliphatic rings. The molecule has 0 bridgehead atoms. The van der Waals surface area contributed by atoms with Gasteiger partial charge in [0.05, 0.1) is 6.61 Å². The van der Waals surface area contributed by atoms with Crippen molar-refractivity contribution in [1.29, 1.82) is 0 Å². The number of nitrogens with zero attached hydrogens (tertiary/aromatic N) is 1. The van der Waals surface area contributed by atoms with E-state index in [0.717, 1.165) is 42.4 Å². The first-order valence-electron chi connectivity index (χ1n) is 12.4. The van der Waals surface area contributed by atoms with E-state index in [4.69, 9.17) is 10.7 Å². The number of hydrogen-bond donors (Lipinski definition) is 1. The maximum absolute atomic E-state index is 5.32. The van der Waals surface area contributed by atoms with Crippen molar-refractivity contribution in [2.24, 2.45) is 29.6 Å². The molecule has 3 aliphatic carbocycles. The highest BCUT2D eigenvalue weighted by molar-refractivity contribution is 4.99. The molecule has 27 heavy (non-hydrogen) atoms. The van der Waals surface area contributed by atoms with E-state index in [1.54, 1.807) is 0 Å². The second kappa shape index (κ2) is 10.1. The number of rotatable bonds is 7. The van der Waals surface area contributed by atoms with E-state index in [9.17, 15) is 0 Å². The summed E-state index contributed by atoms with van der Waals surface area (Å²) < 4.78 is 0. The van der Waals surface area contributed by atoms with Gasteiger partial charge in [0.2, 0.25) is 0 Å². The van der Waals surface area contributed by atoms with Gasteiger partial charge in [-0.3, -0.25) is 4.90 Å². The zero-order chi connectivity index (χ0) is 18.5. The van der Waals surface area contributed by atoms with Gasteiger partial charge in [-0.2, -0.15) is 0 Å². The maximum atomic E-state index is 5.32. The molecule has 0 aromatic rings. The zero-order valence-corrected chi connectivity index (χ0v) is 17.6. The lowest BCUT2D eigenvalue weighted by atomic mass is 9.71. The van der Waals surface area contributed by atoms with Crippen molar-refractivity contribution in [3.05, 3.63) is 0 Å². The van der Waals surface area contributed by atoms with Crippen molar-refractivity contribution >= 4 is 0 Å². The Kier molecular flexibility index (Phi) is 7.52. The average molecular weight is 377 g/mol. The van der Waals surface area contributed by atoms with E-state index >= 15 is 0 Å². The van der Waals surface area contributed by atoms with Crippen molar-refractivity contribution in [3.63, 3.8) is 0 Å². The van der Waals surface area contributed by atoms with Gasteiger partial charge in [-0.25, -0.2) is 5.90 Å². The van der Waals surface area contributed by atoms with Crippen LogP contribution in [0.3, 0.4) is 0 Å². The third-order valence-corrected chi connectivity index (χ3v) is 8.81. The molecule has 2 N–H and O–H groups in total. The summed E-state index contributed by atoms with van der Waals surface area (Å²) in [5, 5.41) is 0. The molecule has 3 nitrogen and oxygen atoms in total. The van der Waals surface area contributed by atoms with Crippen LogP contribution in [0.5, 0.6) is 0 Å². The number of hydrogen-bond acceptors (Lipinski definition) is 3. The molecule has 1 heterocycles. The molecular weight excluding hydrogens is 332 g/mol. The van der Waals surface area contributed by atoms with E-state index in [-0.39, 0.29) is 0 Å². The molecule has 4 fully saturated rings. The Morgan fingerprint density at radius 2 is 1.48 bits per heavy atom. The Bertz CT molecular complexity index is 430. The molecule has 0 aromatic heterocycles. The first kappa shape index (κ1) is 20.2. The Labute approximate surface area is 167 Å². The Hall–Kier alpha value is -0.120. The standard InChI is InChI=1S/C24H44N2O/c25-27-16-15-20-12-14-24-23(17-20)21(13-11-19-7-3-1-4-8-19)18-26(24)22-9-5-2-6-10-22/h19-24H,1-18,25H2. The predicted molar refractivity (Wildman–Crippen MR) is 112 cm³/mol.